The van der Waals surface area contributed by atoms with Crippen LogP contribution in [0.25, 0.3) is 0 Å². The summed E-state index contributed by atoms with van der Waals surface area (Å²) in [6.07, 6.45) is 2.17. The van der Waals surface area contributed by atoms with Crippen LogP contribution in [0.3, 0.4) is 0 Å². The zero-order valence-electron chi connectivity index (χ0n) is 11.5. The first kappa shape index (κ1) is 12.5. The van der Waals surface area contributed by atoms with Crippen LogP contribution in [0.15, 0.2) is 18.2 Å². The van der Waals surface area contributed by atoms with Gasteiger partial charge in [0.1, 0.15) is 5.75 Å². The Bertz CT molecular complexity index is 507. The fraction of sp³-hybridized carbons (Fsp3) is 0.533. The van der Waals surface area contributed by atoms with Crippen LogP contribution in [0.1, 0.15) is 25.3 Å². The molecular formula is C15H20N2O2. The molecule has 0 aliphatic carbocycles. The molecule has 0 bridgehead atoms. The molecule has 1 amide bonds. The van der Waals surface area contributed by atoms with Crippen molar-refractivity contribution in [2.24, 2.45) is 0 Å². The highest BCUT2D eigenvalue weighted by atomic mass is 16.5. The maximum absolute atomic E-state index is 11.8. The van der Waals surface area contributed by atoms with Crippen LogP contribution >= 0.6 is 0 Å². The van der Waals surface area contributed by atoms with Gasteiger partial charge >= 0.3 is 0 Å². The van der Waals surface area contributed by atoms with Crippen molar-refractivity contribution in [2.75, 3.05) is 31.6 Å². The Morgan fingerprint density at radius 1 is 1.42 bits per heavy atom. The van der Waals surface area contributed by atoms with Gasteiger partial charge in [-0.1, -0.05) is 0 Å². The molecule has 4 nitrogen and oxygen atoms in total. The molecule has 1 fully saturated rings. The molecule has 102 valence electrons. The summed E-state index contributed by atoms with van der Waals surface area (Å²) in [5.41, 5.74) is 2.50. The highest BCUT2D eigenvalue weighted by Crippen LogP contribution is 2.45. The van der Waals surface area contributed by atoms with Gasteiger partial charge in [-0.05, 0) is 43.1 Å². The average molecular weight is 260 g/mol. The van der Waals surface area contributed by atoms with Gasteiger partial charge in [-0.2, -0.15) is 0 Å². The number of anilines is 1. The van der Waals surface area contributed by atoms with Crippen LogP contribution < -0.4 is 15.0 Å². The van der Waals surface area contributed by atoms with E-state index in [1.807, 2.05) is 17.0 Å². The predicted octanol–water partition coefficient (Wildman–Crippen LogP) is 1.68. The summed E-state index contributed by atoms with van der Waals surface area (Å²) in [6, 6.07) is 6.07. The number of fused-ring (bicyclic) bond motifs is 2. The first-order chi connectivity index (χ1) is 9.16. The molecule has 4 heteroatoms. The monoisotopic (exact) mass is 260 g/mol. The van der Waals surface area contributed by atoms with E-state index in [-0.39, 0.29) is 11.3 Å². The number of amides is 1. The van der Waals surface area contributed by atoms with Crippen molar-refractivity contribution in [1.82, 2.24) is 5.32 Å². The Labute approximate surface area is 113 Å². The number of nitrogens with one attached hydrogen (secondary N) is 1. The van der Waals surface area contributed by atoms with Crippen LogP contribution in [-0.4, -0.2) is 32.7 Å². The standard InChI is InChI=1S/C15H20N2O2/c1-11(18)17-8-6-15(5-7-16-10-15)13-9-12(19-2)3-4-14(13)17/h3-4,9,16H,5-8,10H2,1-2H3. The number of methoxy groups -OCH3 is 1. The smallest absolute Gasteiger partial charge is 0.223 e. The van der Waals surface area contributed by atoms with E-state index in [4.69, 9.17) is 4.74 Å². The lowest BCUT2D eigenvalue weighted by Gasteiger charge is -2.40. The number of ether oxygens (including phenoxy) is 1. The Hall–Kier alpha value is -1.55. The third kappa shape index (κ3) is 1.91. The minimum atomic E-state index is 0.118. The van der Waals surface area contributed by atoms with Gasteiger partial charge in [0.2, 0.25) is 5.91 Å². The largest absolute Gasteiger partial charge is 0.497 e. The highest BCUT2D eigenvalue weighted by Gasteiger charge is 2.42. The summed E-state index contributed by atoms with van der Waals surface area (Å²) < 4.78 is 5.35. The van der Waals surface area contributed by atoms with E-state index in [1.54, 1.807) is 14.0 Å². The third-order valence-electron chi connectivity index (χ3n) is 4.50. The molecule has 1 aromatic carbocycles. The molecule has 1 spiro atoms. The molecule has 1 aromatic rings. The van der Waals surface area contributed by atoms with E-state index in [0.29, 0.717) is 0 Å². The van der Waals surface area contributed by atoms with Crippen LogP contribution in [0.5, 0.6) is 5.75 Å². The van der Waals surface area contributed by atoms with E-state index >= 15 is 0 Å². The fourth-order valence-electron chi connectivity index (χ4n) is 3.40. The molecule has 1 saturated heterocycles. The van der Waals surface area contributed by atoms with E-state index in [9.17, 15) is 4.79 Å². The summed E-state index contributed by atoms with van der Waals surface area (Å²) >= 11 is 0. The number of benzene rings is 1. The number of nitrogens with zero attached hydrogens (tertiary/aromatic N) is 1. The van der Waals surface area contributed by atoms with Crippen molar-refractivity contribution in [3.05, 3.63) is 23.8 Å². The Balaban J connectivity index is 2.12. The Morgan fingerprint density at radius 3 is 2.89 bits per heavy atom. The second kappa shape index (κ2) is 4.53. The van der Waals surface area contributed by atoms with Crippen molar-refractivity contribution in [3.63, 3.8) is 0 Å². The number of hydrogen-bond acceptors (Lipinski definition) is 3. The number of carbonyl (C=O) groups excluding carboxylic acids is 1. The molecule has 2 heterocycles. The summed E-state index contributed by atoms with van der Waals surface area (Å²) in [5.74, 6) is 0.989. The Kier molecular flexibility index (Phi) is 2.97. The van der Waals surface area contributed by atoms with Gasteiger partial charge in [-0.25, -0.2) is 0 Å². The molecule has 0 saturated carbocycles. The van der Waals surface area contributed by atoms with Crippen molar-refractivity contribution < 1.29 is 9.53 Å². The van der Waals surface area contributed by atoms with Gasteiger partial charge in [-0.3, -0.25) is 4.79 Å². The molecule has 2 aliphatic rings. The van der Waals surface area contributed by atoms with Crippen LogP contribution in [0.2, 0.25) is 0 Å². The van der Waals surface area contributed by atoms with Crippen LogP contribution in [0.4, 0.5) is 5.69 Å². The summed E-state index contributed by atoms with van der Waals surface area (Å²) in [6.45, 7) is 4.50. The molecule has 0 aromatic heterocycles. The summed E-state index contributed by atoms with van der Waals surface area (Å²) in [4.78, 5) is 13.7. The normalized spacial score (nSPS) is 25.5. The average Bonchev–Trinajstić information content (AvgIpc) is 2.88. The number of carbonyl (C=O) groups is 1. The second-order valence-corrected chi connectivity index (χ2v) is 5.51. The lowest BCUT2D eigenvalue weighted by molar-refractivity contribution is -0.116. The van der Waals surface area contributed by atoms with Crippen molar-refractivity contribution in [3.8, 4) is 5.75 Å². The lowest BCUT2D eigenvalue weighted by Crippen LogP contribution is -2.43. The van der Waals surface area contributed by atoms with Crippen molar-refractivity contribution in [1.29, 1.82) is 0 Å². The minimum Gasteiger partial charge on any atom is -0.497 e. The molecular weight excluding hydrogens is 240 g/mol. The fourth-order valence-corrected chi connectivity index (χ4v) is 3.40. The predicted molar refractivity (Wildman–Crippen MR) is 74.8 cm³/mol. The minimum absolute atomic E-state index is 0.118. The SMILES string of the molecule is COc1ccc2c(c1)C1(CCNC1)CCN2C(C)=O. The quantitative estimate of drug-likeness (QED) is 0.835. The molecule has 1 N–H and O–H groups in total. The van der Waals surface area contributed by atoms with Gasteiger partial charge in [0.15, 0.2) is 0 Å². The molecule has 1 unspecified atom stereocenters. The maximum Gasteiger partial charge on any atom is 0.223 e. The van der Waals surface area contributed by atoms with Gasteiger partial charge < -0.3 is 15.0 Å². The highest BCUT2D eigenvalue weighted by molar-refractivity contribution is 5.93. The summed E-state index contributed by atoms with van der Waals surface area (Å²) in [5, 5.41) is 3.46. The maximum atomic E-state index is 11.8. The number of hydrogen-bond donors (Lipinski definition) is 1. The van der Waals surface area contributed by atoms with E-state index in [0.717, 1.165) is 43.9 Å². The summed E-state index contributed by atoms with van der Waals surface area (Å²) in [7, 11) is 1.69. The topological polar surface area (TPSA) is 41.6 Å². The first-order valence-electron chi connectivity index (χ1n) is 6.84. The van der Waals surface area contributed by atoms with Crippen molar-refractivity contribution in [2.45, 2.75) is 25.2 Å². The molecule has 19 heavy (non-hydrogen) atoms. The van der Waals surface area contributed by atoms with E-state index in [1.165, 1.54) is 5.56 Å². The molecule has 3 rings (SSSR count). The van der Waals surface area contributed by atoms with Gasteiger partial charge in [0, 0.05) is 31.1 Å². The van der Waals surface area contributed by atoms with Gasteiger partial charge in [-0.15, -0.1) is 0 Å². The van der Waals surface area contributed by atoms with Crippen LogP contribution in [0, 0.1) is 0 Å². The zero-order chi connectivity index (χ0) is 13.5. The van der Waals surface area contributed by atoms with E-state index < -0.39 is 0 Å². The van der Waals surface area contributed by atoms with Gasteiger partial charge in [0.25, 0.3) is 0 Å². The van der Waals surface area contributed by atoms with Gasteiger partial charge in [0.05, 0.1) is 7.11 Å². The molecule has 0 radical (unpaired) electrons. The Morgan fingerprint density at radius 2 is 2.26 bits per heavy atom. The van der Waals surface area contributed by atoms with Crippen LogP contribution in [-0.2, 0) is 10.2 Å². The number of rotatable bonds is 1. The first-order valence-corrected chi connectivity index (χ1v) is 6.84. The third-order valence-corrected chi connectivity index (χ3v) is 4.50. The zero-order valence-corrected chi connectivity index (χ0v) is 11.5. The van der Waals surface area contributed by atoms with E-state index in [2.05, 4.69) is 11.4 Å². The molecule has 2 aliphatic heterocycles. The lowest BCUT2D eigenvalue weighted by atomic mass is 9.73. The second-order valence-electron chi connectivity index (χ2n) is 5.51. The van der Waals surface area contributed by atoms with Crippen molar-refractivity contribution >= 4 is 11.6 Å². The molecule has 1 atom stereocenters.